The maximum Gasteiger partial charge on any atom is 0.270 e. The second-order valence-electron chi connectivity index (χ2n) is 9.35. The Morgan fingerprint density at radius 1 is 1.23 bits per heavy atom. The minimum atomic E-state index is -0.273. The van der Waals surface area contributed by atoms with Crippen molar-refractivity contribution in [2.45, 2.75) is 53.6 Å². The summed E-state index contributed by atoms with van der Waals surface area (Å²) >= 11 is 6.84. The number of carbonyl (C=O) groups excluding carboxylic acids is 1. The van der Waals surface area contributed by atoms with Crippen molar-refractivity contribution in [3.63, 3.8) is 0 Å². The number of pyridine rings is 1. The number of aryl methyl sites for hydroxylation is 1. The molecule has 35 heavy (non-hydrogen) atoms. The number of thioether (sulfide) groups is 1. The molecule has 6 nitrogen and oxygen atoms in total. The molecule has 3 heterocycles. The highest BCUT2D eigenvalue weighted by Crippen LogP contribution is 2.37. The van der Waals surface area contributed by atoms with E-state index in [1.165, 1.54) is 11.8 Å². The molecule has 0 bridgehead atoms. The maximum absolute atomic E-state index is 13.4. The van der Waals surface area contributed by atoms with Gasteiger partial charge in [-0.15, -0.1) is 0 Å². The summed E-state index contributed by atoms with van der Waals surface area (Å²) in [5.74, 6) is 1.15. The Morgan fingerprint density at radius 3 is 2.57 bits per heavy atom. The number of nitrogens with zero attached hydrogens (tertiary/aromatic N) is 4. The zero-order chi connectivity index (χ0) is 25.3. The number of amides is 1. The molecule has 0 saturated carbocycles. The van der Waals surface area contributed by atoms with E-state index in [-0.39, 0.29) is 17.0 Å². The molecule has 0 aliphatic carbocycles. The van der Waals surface area contributed by atoms with Gasteiger partial charge in [0, 0.05) is 25.2 Å². The average Bonchev–Trinajstić information content (AvgIpc) is 3.09. The van der Waals surface area contributed by atoms with Gasteiger partial charge in [-0.3, -0.25) is 19.1 Å². The van der Waals surface area contributed by atoms with Crippen LogP contribution in [0.5, 0.6) is 0 Å². The first-order valence-corrected chi connectivity index (χ1v) is 13.2. The minimum Gasteiger partial charge on any atom is -0.357 e. The van der Waals surface area contributed by atoms with Crippen LogP contribution in [-0.4, -0.2) is 32.8 Å². The Kier molecular flexibility index (Phi) is 7.48. The molecule has 1 aromatic carbocycles. The van der Waals surface area contributed by atoms with Crippen molar-refractivity contribution in [1.29, 1.82) is 5.26 Å². The highest BCUT2D eigenvalue weighted by Gasteiger charge is 2.33. The van der Waals surface area contributed by atoms with Gasteiger partial charge in [0.25, 0.3) is 11.5 Å². The van der Waals surface area contributed by atoms with Gasteiger partial charge in [0.15, 0.2) is 0 Å². The lowest BCUT2D eigenvalue weighted by molar-refractivity contribution is -0.122. The molecule has 1 unspecified atom stereocenters. The van der Waals surface area contributed by atoms with Crippen LogP contribution in [0, 0.1) is 31.1 Å². The first-order chi connectivity index (χ1) is 16.7. The van der Waals surface area contributed by atoms with Crippen molar-refractivity contribution in [3.05, 3.63) is 67.3 Å². The summed E-state index contributed by atoms with van der Waals surface area (Å²) in [5, 5.41) is 9.77. The second kappa shape index (κ2) is 10.4. The molecular weight excluding hydrogens is 476 g/mol. The Hall–Kier alpha value is -2.89. The van der Waals surface area contributed by atoms with Gasteiger partial charge in [0.1, 0.15) is 21.8 Å². The third kappa shape index (κ3) is 4.93. The number of piperidine rings is 1. The van der Waals surface area contributed by atoms with Crippen LogP contribution in [-0.2, 0) is 17.9 Å². The highest BCUT2D eigenvalue weighted by atomic mass is 32.2. The summed E-state index contributed by atoms with van der Waals surface area (Å²) in [6.07, 6.45) is 4.02. The van der Waals surface area contributed by atoms with Crippen LogP contribution in [0.15, 0.2) is 34.0 Å². The topological polar surface area (TPSA) is 69.3 Å². The third-order valence-electron chi connectivity index (χ3n) is 6.73. The summed E-state index contributed by atoms with van der Waals surface area (Å²) in [4.78, 5) is 31.0. The number of anilines is 1. The number of rotatable bonds is 5. The molecule has 1 amide bonds. The molecule has 0 spiro atoms. The predicted octanol–water partition coefficient (Wildman–Crippen LogP) is 4.99. The van der Waals surface area contributed by atoms with Gasteiger partial charge in [-0.2, -0.15) is 5.26 Å². The van der Waals surface area contributed by atoms with Crippen LogP contribution < -0.4 is 10.5 Å². The molecule has 2 aliphatic rings. The largest absolute Gasteiger partial charge is 0.357 e. The van der Waals surface area contributed by atoms with E-state index in [1.807, 2.05) is 44.2 Å². The number of hydrogen-bond acceptors (Lipinski definition) is 6. The third-order valence-corrected chi connectivity index (χ3v) is 8.11. The number of aromatic nitrogens is 1. The summed E-state index contributed by atoms with van der Waals surface area (Å²) < 4.78 is 2.19. The second-order valence-corrected chi connectivity index (χ2v) is 11.0. The lowest BCUT2D eigenvalue weighted by atomic mass is 9.98. The van der Waals surface area contributed by atoms with E-state index in [9.17, 15) is 14.9 Å². The van der Waals surface area contributed by atoms with E-state index in [0.717, 1.165) is 48.4 Å². The number of hydrogen-bond donors (Lipinski definition) is 0. The first-order valence-electron chi connectivity index (χ1n) is 12.0. The number of thiocarbonyl (C=S) groups is 1. The summed E-state index contributed by atoms with van der Waals surface area (Å²) in [7, 11) is 0. The Labute approximate surface area is 216 Å². The van der Waals surface area contributed by atoms with Crippen LogP contribution in [0.2, 0.25) is 0 Å². The monoisotopic (exact) mass is 506 g/mol. The number of benzene rings is 1. The van der Waals surface area contributed by atoms with Crippen LogP contribution in [0.3, 0.4) is 0 Å². The van der Waals surface area contributed by atoms with Gasteiger partial charge >= 0.3 is 0 Å². The van der Waals surface area contributed by atoms with Crippen molar-refractivity contribution >= 4 is 46.1 Å². The van der Waals surface area contributed by atoms with Crippen molar-refractivity contribution in [2.75, 3.05) is 18.0 Å². The Balaban J connectivity index is 1.80. The lowest BCUT2D eigenvalue weighted by Crippen LogP contribution is -2.40. The van der Waals surface area contributed by atoms with Gasteiger partial charge in [-0.05, 0) is 56.7 Å². The molecule has 4 rings (SSSR count). The number of nitriles is 1. The van der Waals surface area contributed by atoms with Crippen molar-refractivity contribution in [2.24, 2.45) is 5.92 Å². The molecule has 1 aromatic heterocycles. The maximum atomic E-state index is 13.4. The van der Waals surface area contributed by atoms with Gasteiger partial charge in [-0.25, -0.2) is 0 Å². The fourth-order valence-corrected chi connectivity index (χ4v) is 6.04. The average molecular weight is 507 g/mol. The molecule has 182 valence electrons. The Morgan fingerprint density at radius 2 is 1.94 bits per heavy atom. The van der Waals surface area contributed by atoms with Gasteiger partial charge in [0.2, 0.25) is 0 Å². The summed E-state index contributed by atoms with van der Waals surface area (Å²) in [6.45, 7) is 10.5. The molecular formula is C27H30N4O2S2. The predicted molar refractivity (Wildman–Crippen MR) is 146 cm³/mol. The molecule has 0 N–H and O–H groups in total. The molecule has 0 radical (unpaired) electrons. The van der Waals surface area contributed by atoms with E-state index in [2.05, 4.69) is 17.9 Å². The normalized spacial score (nSPS) is 19.5. The van der Waals surface area contributed by atoms with Gasteiger partial charge in [-0.1, -0.05) is 60.7 Å². The standard InChI is InChI=1S/C27H30N4O2S2/c1-5-30-24(29-12-6-7-18(3)15-29)21(19(4)22(14-28)25(30)32)13-23-26(33)31(27(34)35-23)16-20-10-8-17(2)9-11-20/h8-11,13,18H,5-7,12,15-16H2,1-4H3. The van der Waals surface area contributed by atoms with Crippen molar-refractivity contribution < 1.29 is 4.79 Å². The lowest BCUT2D eigenvalue weighted by Gasteiger charge is -2.35. The quantitative estimate of drug-likeness (QED) is 0.420. The van der Waals surface area contributed by atoms with Crippen LogP contribution in [0.4, 0.5) is 5.82 Å². The zero-order valence-corrected chi connectivity index (χ0v) is 22.3. The van der Waals surface area contributed by atoms with Crippen LogP contribution in [0.1, 0.15) is 54.5 Å². The van der Waals surface area contributed by atoms with E-state index in [0.29, 0.717) is 33.8 Å². The molecule has 8 heteroatoms. The van der Waals surface area contributed by atoms with E-state index in [4.69, 9.17) is 12.2 Å². The SMILES string of the molecule is CCn1c(N2CCCC(C)C2)c(C=C2SC(=S)N(Cc3ccc(C)cc3)C2=O)c(C)c(C#N)c1=O. The van der Waals surface area contributed by atoms with Crippen LogP contribution in [0.25, 0.3) is 6.08 Å². The zero-order valence-electron chi connectivity index (χ0n) is 20.6. The molecule has 1 atom stereocenters. The molecule has 2 aliphatic heterocycles. The van der Waals surface area contributed by atoms with Crippen molar-refractivity contribution in [1.82, 2.24) is 9.47 Å². The van der Waals surface area contributed by atoms with Gasteiger partial charge in [0.05, 0.1) is 11.4 Å². The summed E-state index contributed by atoms with van der Waals surface area (Å²) in [6, 6.07) is 10.2. The fourth-order valence-electron chi connectivity index (χ4n) is 4.80. The minimum absolute atomic E-state index is 0.127. The smallest absolute Gasteiger partial charge is 0.270 e. The molecule has 2 aromatic rings. The van der Waals surface area contributed by atoms with E-state index >= 15 is 0 Å². The van der Waals surface area contributed by atoms with Crippen LogP contribution >= 0.6 is 24.0 Å². The van der Waals surface area contributed by atoms with Crippen molar-refractivity contribution in [3.8, 4) is 6.07 Å². The van der Waals surface area contributed by atoms with E-state index < -0.39 is 0 Å². The number of carbonyl (C=O) groups is 1. The molecule has 2 saturated heterocycles. The highest BCUT2D eigenvalue weighted by molar-refractivity contribution is 8.26. The summed E-state index contributed by atoms with van der Waals surface area (Å²) in [5.41, 5.74) is 3.39. The molecule has 2 fully saturated rings. The first kappa shape index (κ1) is 25.2. The van der Waals surface area contributed by atoms with E-state index in [1.54, 1.807) is 16.4 Å². The van der Waals surface area contributed by atoms with Gasteiger partial charge < -0.3 is 4.90 Å². The fraction of sp³-hybridized carbons (Fsp3) is 0.407. The Bertz CT molecular complexity index is 1300.